The van der Waals surface area contributed by atoms with Crippen LogP contribution in [-0.4, -0.2) is 0 Å². The maximum atomic E-state index is 9.70. The topological polar surface area (TPSA) is 40.8 Å². The summed E-state index contributed by atoms with van der Waals surface area (Å²) in [4.78, 5) is 0. The largest absolute Gasteiger partial charge is 0.455 e. The molecule has 0 amide bonds. The fraction of sp³-hybridized carbons (Fsp3) is 0.0833. The Bertz CT molecular complexity index is 1400. The summed E-state index contributed by atoms with van der Waals surface area (Å²) >= 11 is 0. The lowest BCUT2D eigenvalue weighted by Gasteiger charge is -2.08. The molecule has 5 rings (SSSR count). The number of aryl methyl sites for hydroxylation is 2. The second-order valence-electron chi connectivity index (χ2n) is 6.87. The highest BCUT2D eigenvalue weighted by molar-refractivity contribution is 6.12. The summed E-state index contributed by atoms with van der Waals surface area (Å²) in [7, 11) is 2.07. The smallest absolute Gasteiger partial charge is 0.216 e. The third kappa shape index (κ3) is 2.17. The van der Waals surface area contributed by atoms with Crippen molar-refractivity contribution in [3.8, 4) is 17.3 Å². The summed E-state index contributed by atoms with van der Waals surface area (Å²) < 4.78 is 8.45. The minimum Gasteiger partial charge on any atom is -0.455 e. The van der Waals surface area contributed by atoms with Gasteiger partial charge in [0.2, 0.25) is 11.2 Å². The maximum Gasteiger partial charge on any atom is 0.216 e. The molecule has 0 spiro atoms. The molecule has 0 aliphatic rings. The van der Waals surface area contributed by atoms with Crippen molar-refractivity contribution in [3.63, 3.8) is 0 Å². The highest BCUT2D eigenvalue weighted by atomic mass is 16.3. The van der Waals surface area contributed by atoms with E-state index in [2.05, 4.69) is 48.0 Å². The van der Waals surface area contributed by atoms with Crippen LogP contribution in [-0.2, 0) is 7.05 Å². The molecule has 0 aliphatic carbocycles. The zero-order valence-electron chi connectivity index (χ0n) is 15.2. The average molecular weight is 349 g/mol. The summed E-state index contributed by atoms with van der Waals surface area (Å²) in [6, 6.07) is 24.8. The Labute approximate surface area is 156 Å². The predicted molar refractivity (Wildman–Crippen MR) is 107 cm³/mol. The van der Waals surface area contributed by atoms with E-state index in [1.54, 1.807) is 0 Å². The Balaban J connectivity index is 1.96. The van der Waals surface area contributed by atoms with Crippen molar-refractivity contribution < 1.29 is 8.98 Å². The number of nitriles is 1. The number of para-hydroxylation sites is 2. The number of nitrogens with zero attached hydrogens (tertiary/aromatic N) is 2. The Kier molecular flexibility index (Phi) is 3.29. The third-order valence-electron chi connectivity index (χ3n) is 5.30. The van der Waals surface area contributed by atoms with E-state index < -0.39 is 0 Å². The van der Waals surface area contributed by atoms with Crippen molar-refractivity contribution in [2.75, 3.05) is 0 Å². The molecule has 2 aromatic heterocycles. The molecule has 0 atom stereocenters. The zero-order valence-corrected chi connectivity index (χ0v) is 15.2. The van der Waals surface area contributed by atoms with E-state index in [0.717, 1.165) is 44.3 Å². The molecular weight excluding hydrogens is 332 g/mol. The second kappa shape index (κ2) is 5.69. The molecule has 0 aliphatic heterocycles. The molecule has 0 bridgehead atoms. The van der Waals surface area contributed by atoms with Crippen molar-refractivity contribution in [1.29, 1.82) is 5.26 Å². The Hall–Kier alpha value is -3.64. The van der Waals surface area contributed by atoms with E-state index in [4.69, 9.17) is 4.42 Å². The average Bonchev–Trinajstić information content (AvgIpc) is 3.08. The summed E-state index contributed by atoms with van der Waals surface area (Å²) in [6.07, 6.45) is 0. The second-order valence-corrected chi connectivity index (χ2v) is 6.87. The minimum absolute atomic E-state index is 0.652. The van der Waals surface area contributed by atoms with Crippen LogP contribution in [0.2, 0.25) is 0 Å². The normalized spacial score (nSPS) is 11.3. The van der Waals surface area contributed by atoms with Crippen molar-refractivity contribution in [1.82, 2.24) is 0 Å². The van der Waals surface area contributed by atoms with Crippen molar-refractivity contribution in [2.24, 2.45) is 7.05 Å². The van der Waals surface area contributed by atoms with Gasteiger partial charge in [0.05, 0.1) is 17.2 Å². The van der Waals surface area contributed by atoms with Crippen LogP contribution < -0.4 is 4.57 Å². The predicted octanol–water partition coefficient (Wildman–Crippen LogP) is 5.41. The first kappa shape index (κ1) is 15.6. The zero-order chi connectivity index (χ0) is 18.5. The van der Waals surface area contributed by atoms with Gasteiger partial charge in [0.25, 0.3) is 0 Å². The molecule has 128 valence electrons. The van der Waals surface area contributed by atoms with Gasteiger partial charge in [-0.3, -0.25) is 0 Å². The molecule has 0 unspecified atom stereocenters. The number of hydrogen-bond donors (Lipinski definition) is 0. The van der Waals surface area contributed by atoms with E-state index >= 15 is 0 Å². The lowest BCUT2D eigenvalue weighted by molar-refractivity contribution is -0.633. The number of fused-ring (bicyclic) bond motifs is 4. The van der Waals surface area contributed by atoms with Crippen LogP contribution in [0.25, 0.3) is 44.1 Å². The molecular formula is C24H17N2O+. The summed E-state index contributed by atoms with van der Waals surface area (Å²) in [6.45, 7) is 2.04. The van der Waals surface area contributed by atoms with Gasteiger partial charge in [0, 0.05) is 28.3 Å². The SMILES string of the molecule is Cc1cc(C#N)c2c(oc3ccccc32)c1-c1ccc2ccccc2[n+]1C. The molecule has 3 heteroatoms. The molecule has 0 saturated heterocycles. The van der Waals surface area contributed by atoms with Gasteiger partial charge in [-0.05, 0) is 36.8 Å². The number of rotatable bonds is 1. The molecule has 0 radical (unpaired) electrons. The lowest BCUT2D eigenvalue weighted by atomic mass is 9.96. The molecule has 0 N–H and O–H groups in total. The van der Waals surface area contributed by atoms with E-state index in [1.165, 1.54) is 5.39 Å². The first-order valence-electron chi connectivity index (χ1n) is 8.92. The molecule has 27 heavy (non-hydrogen) atoms. The quantitative estimate of drug-likeness (QED) is 0.380. The van der Waals surface area contributed by atoms with Crippen LogP contribution >= 0.6 is 0 Å². The van der Waals surface area contributed by atoms with Crippen LogP contribution in [0, 0.1) is 18.3 Å². The van der Waals surface area contributed by atoms with Gasteiger partial charge >= 0.3 is 0 Å². The van der Waals surface area contributed by atoms with Gasteiger partial charge < -0.3 is 4.42 Å². The van der Waals surface area contributed by atoms with Crippen LogP contribution in [0.5, 0.6) is 0 Å². The van der Waals surface area contributed by atoms with E-state index in [1.807, 2.05) is 43.3 Å². The van der Waals surface area contributed by atoms with Gasteiger partial charge in [0.1, 0.15) is 12.6 Å². The molecule has 5 aromatic rings. The molecule has 3 aromatic carbocycles. The maximum absolute atomic E-state index is 9.70. The van der Waals surface area contributed by atoms with Gasteiger partial charge in [-0.2, -0.15) is 9.83 Å². The third-order valence-corrected chi connectivity index (χ3v) is 5.30. The van der Waals surface area contributed by atoms with E-state index in [0.29, 0.717) is 5.56 Å². The number of hydrogen-bond acceptors (Lipinski definition) is 2. The standard InChI is InChI=1S/C24H17N2O/c1-15-13-17(14-25)23-18-8-4-6-10-21(18)27-24(23)22(15)20-12-11-16-7-3-5-9-19(16)26(20)2/h3-13H,1-2H3/q+1. The first-order valence-corrected chi connectivity index (χ1v) is 8.92. The molecule has 0 fully saturated rings. The van der Waals surface area contributed by atoms with Crippen molar-refractivity contribution in [2.45, 2.75) is 6.92 Å². The van der Waals surface area contributed by atoms with Crippen LogP contribution in [0.15, 0.2) is 71.1 Å². The summed E-state index contributed by atoms with van der Waals surface area (Å²) in [5.74, 6) is 0. The van der Waals surface area contributed by atoms with Gasteiger partial charge in [-0.15, -0.1) is 0 Å². The minimum atomic E-state index is 0.652. The Morgan fingerprint density at radius 3 is 2.59 bits per heavy atom. The monoisotopic (exact) mass is 349 g/mol. The van der Waals surface area contributed by atoms with Crippen LogP contribution in [0.1, 0.15) is 11.1 Å². The van der Waals surface area contributed by atoms with E-state index in [-0.39, 0.29) is 0 Å². The highest BCUT2D eigenvalue weighted by Crippen LogP contribution is 2.39. The number of pyridine rings is 1. The molecule has 0 saturated carbocycles. The Morgan fingerprint density at radius 1 is 0.963 bits per heavy atom. The fourth-order valence-corrected chi connectivity index (χ4v) is 4.03. The summed E-state index contributed by atoms with van der Waals surface area (Å²) in [5.41, 5.74) is 6.53. The number of aromatic nitrogens is 1. The van der Waals surface area contributed by atoms with Gasteiger partial charge in [0.15, 0.2) is 5.58 Å². The van der Waals surface area contributed by atoms with Crippen LogP contribution in [0.4, 0.5) is 0 Å². The van der Waals surface area contributed by atoms with Crippen molar-refractivity contribution in [3.05, 3.63) is 77.9 Å². The molecule has 2 heterocycles. The van der Waals surface area contributed by atoms with Crippen LogP contribution in [0.3, 0.4) is 0 Å². The van der Waals surface area contributed by atoms with E-state index in [9.17, 15) is 5.26 Å². The van der Waals surface area contributed by atoms with Gasteiger partial charge in [-0.25, -0.2) is 0 Å². The number of benzene rings is 3. The number of furan rings is 1. The Morgan fingerprint density at radius 2 is 1.74 bits per heavy atom. The molecule has 3 nitrogen and oxygen atoms in total. The summed E-state index contributed by atoms with van der Waals surface area (Å²) in [5, 5.41) is 12.8. The van der Waals surface area contributed by atoms with Gasteiger partial charge in [-0.1, -0.05) is 30.3 Å². The van der Waals surface area contributed by atoms with Crippen molar-refractivity contribution >= 4 is 32.8 Å². The highest BCUT2D eigenvalue weighted by Gasteiger charge is 2.24. The first-order chi connectivity index (χ1) is 13.2. The fourth-order valence-electron chi connectivity index (χ4n) is 4.03. The lowest BCUT2D eigenvalue weighted by Crippen LogP contribution is -2.32.